The molecule has 190 valence electrons. The van der Waals surface area contributed by atoms with Gasteiger partial charge in [-0.1, -0.05) is 29.8 Å². The lowest BCUT2D eigenvalue weighted by Gasteiger charge is -2.19. The molecule has 1 fully saturated rings. The molecule has 1 aliphatic heterocycles. The fourth-order valence-corrected chi connectivity index (χ4v) is 4.16. The summed E-state index contributed by atoms with van der Waals surface area (Å²) >= 11 is 11.5. The summed E-state index contributed by atoms with van der Waals surface area (Å²) in [6, 6.07) is 17.8. The zero-order valence-electron chi connectivity index (χ0n) is 19.9. The molecule has 4 rings (SSSR count). The molecule has 0 saturated carbocycles. The van der Waals surface area contributed by atoms with Gasteiger partial charge in [-0.05, 0) is 78.0 Å². The van der Waals surface area contributed by atoms with Gasteiger partial charge < -0.3 is 19.1 Å². The van der Waals surface area contributed by atoms with E-state index in [0.29, 0.717) is 33.3 Å². The summed E-state index contributed by atoms with van der Waals surface area (Å²) < 4.78 is 29.6. The van der Waals surface area contributed by atoms with Crippen LogP contribution in [-0.2, 0) is 20.9 Å². The van der Waals surface area contributed by atoms with Gasteiger partial charge in [0.2, 0.25) is 0 Å². The molecule has 0 unspecified atom stereocenters. The molecule has 0 N–H and O–H groups in total. The Balaban J connectivity index is 1.64. The van der Waals surface area contributed by atoms with Crippen LogP contribution in [0.4, 0.5) is 10.1 Å². The van der Waals surface area contributed by atoms with Crippen LogP contribution in [0.5, 0.6) is 11.5 Å². The van der Waals surface area contributed by atoms with Gasteiger partial charge in [0, 0.05) is 5.02 Å². The van der Waals surface area contributed by atoms with Crippen molar-refractivity contribution in [1.29, 1.82) is 0 Å². The molecule has 3 aromatic carbocycles. The number of hydrogen-bond acceptors (Lipinski definition) is 6. The first-order chi connectivity index (χ1) is 17.8. The number of ether oxygens (including phenoxy) is 3. The number of thiocarbonyl (C=S) groups is 1. The second-order valence-electron chi connectivity index (χ2n) is 7.92. The van der Waals surface area contributed by atoms with Crippen molar-refractivity contribution >= 4 is 52.6 Å². The zero-order valence-corrected chi connectivity index (χ0v) is 21.5. The molecule has 1 aliphatic rings. The fourth-order valence-electron chi connectivity index (χ4n) is 3.68. The molecule has 10 heteroatoms. The Morgan fingerprint density at radius 2 is 1.81 bits per heavy atom. The lowest BCUT2D eigenvalue weighted by molar-refractivity contribution is -0.140. The smallest absolute Gasteiger partial charge is 0.325 e. The molecular formula is C27H22ClFN2O5S. The Labute approximate surface area is 223 Å². The van der Waals surface area contributed by atoms with Crippen molar-refractivity contribution in [2.75, 3.05) is 25.7 Å². The molecule has 1 heterocycles. The number of carbonyl (C=O) groups excluding carboxylic acids is 2. The second kappa shape index (κ2) is 11.4. The van der Waals surface area contributed by atoms with E-state index in [-0.39, 0.29) is 29.8 Å². The monoisotopic (exact) mass is 540 g/mol. The summed E-state index contributed by atoms with van der Waals surface area (Å²) in [6.45, 7) is -0.104. The fraction of sp³-hybridized carbons (Fsp3) is 0.148. The van der Waals surface area contributed by atoms with Crippen LogP contribution in [0.2, 0.25) is 5.02 Å². The molecule has 0 atom stereocenters. The van der Waals surface area contributed by atoms with Crippen LogP contribution in [0.25, 0.3) is 6.08 Å². The number of anilines is 1. The molecule has 1 saturated heterocycles. The number of nitrogens with zero attached hydrogens (tertiary/aromatic N) is 2. The van der Waals surface area contributed by atoms with E-state index in [4.69, 9.17) is 38.0 Å². The second-order valence-corrected chi connectivity index (χ2v) is 8.72. The van der Waals surface area contributed by atoms with Crippen molar-refractivity contribution < 1.29 is 28.2 Å². The number of carbonyl (C=O) groups is 2. The number of rotatable bonds is 8. The van der Waals surface area contributed by atoms with E-state index in [1.807, 2.05) is 0 Å². The van der Waals surface area contributed by atoms with Crippen LogP contribution < -0.4 is 14.4 Å². The zero-order chi connectivity index (χ0) is 26.5. The number of methoxy groups -OCH3 is 2. The Morgan fingerprint density at radius 3 is 2.49 bits per heavy atom. The molecule has 0 aliphatic carbocycles. The molecule has 37 heavy (non-hydrogen) atoms. The largest absolute Gasteiger partial charge is 0.493 e. The normalized spacial score (nSPS) is 14.3. The Morgan fingerprint density at radius 1 is 1.05 bits per heavy atom. The highest BCUT2D eigenvalue weighted by molar-refractivity contribution is 7.80. The topological polar surface area (TPSA) is 68.3 Å². The highest BCUT2D eigenvalue weighted by Gasteiger charge is 2.40. The first-order valence-electron chi connectivity index (χ1n) is 11.1. The predicted octanol–water partition coefficient (Wildman–Crippen LogP) is 5.21. The van der Waals surface area contributed by atoms with Crippen molar-refractivity contribution in [3.05, 3.63) is 94.4 Å². The minimum Gasteiger partial charge on any atom is -0.493 e. The predicted molar refractivity (Wildman–Crippen MR) is 142 cm³/mol. The Bertz CT molecular complexity index is 1380. The standard InChI is InChI=1S/C27H22ClFN2O5S/c1-34-24-14-17(6-11-23(24)36-16-18-4-3-5-20(29)12-18)13-22-26(33)31(21-9-7-19(28)8-10-21)27(37)30(22)15-25(32)35-2/h3-14H,15-16H2,1-2H3/b22-13-. The summed E-state index contributed by atoms with van der Waals surface area (Å²) in [7, 11) is 2.75. The SMILES string of the molecule is COC(=O)CN1C(=S)N(c2ccc(Cl)cc2)C(=O)/C1=C/c1ccc(OCc2cccc(F)c2)c(OC)c1. The van der Waals surface area contributed by atoms with Gasteiger partial charge >= 0.3 is 5.97 Å². The minimum absolute atomic E-state index is 0.131. The van der Waals surface area contributed by atoms with Gasteiger partial charge in [0.15, 0.2) is 16.6 Å². The summed E-state index contributed by atoms with van der Waals surface area (Å²) in [5.74, 6) is -0.470. The van der Waals surface area contributed by atoms with Gasteiger partial charge in [-0.15, -0.1) is 0 Å². The molecule has 1 amide bonds. The van der Waals surface area contributed by atoms with Gasteiger partial charge in [-0.3, -0.25) is 14.5 Å². The van der Waals surface area contributed by atoms with Crippen molar-refractivity contribution in [2.45, 2.75) is 6.61 Å². The average Bonchev–Trinajstić information content (AvgIpc) is 3.12. The minimum atomic E-state index is -0.558. The number of esters is 1. The van der Waals surface area contributed by atoms with Crippen molar-refractivity contribution in [3.63, 3.8) is 0 Å². The molecule has 0 spiro atoms. The van der Waals surface area contributed by atoms with E-state index in [2.05, 4.69) is 0 Å². The quantitative estimate of drug-likeness (QED) is 0.220. The first kappa shape index (κ1) is 26.1. The summed E-state index contributed by atoms with van der Waals surface area (Å²) in [4.78, 5) is 28.3. The van der Waals surface area contributed by atoms with Gasteiger partial charge in [0.25, 0.3) is 5.91 Å². The maximum atomic E-state index is 13.5. The van der Waals surface area contributed by atoms with E-state index in [1.165, 1.54) is 36.2 Å². The first-order valence-corrected chi connectivity index (χ1v) is 11.8. The van der Waals surface area contributed by atoms with E-state index in [1.54, 1.807) is 60.7 Å². The number of benzene rings is 3. The maximum absolute atomic E-state index is 13.5. The Hall–Kier alpha value is -3.95. The van der Waals surface area contributed by atoms with Gasteiger partial charge in [0.1, 0.15) is 24.7 Å². The Kier molecular flexibility index (Phi) is 8.05. The van der Waals surface area contributed by atoms with Gasteiger partial charge in [-0.2, -0.15) is 0 Å². The molecule has 7 nitrogen and oxygen atoms in total. The highest BCUT2D eigenvalue weighted by atomic mass is 35.5. The number of halogens is 2. The van der Waals surface area contributed by atoms with Crippen LogP contribution in [0.1, 0.15) is 11.1 Å². The van der Waals surface area contributed by atoms with Crippen molar-refractivity contribution in [2.24, 2.45) is 0 Å². The third-order valence-electron chi connectivity index (χ3n) is 5.51. The summed E-state index contributed by atoms with van der Waals surface area (Å²) in [5, 5.41) is 0.640. The van der Waals surface area contributed by atoms with E-state index in [9.17, 15) is 14.0 Å². The van der Waals surface area contributed by atoms with Crippen LogP contribution in [0.3, 0.4) is 0 Å². The third kappa shape index (κ3) is 5.90. The van der Waals surface area contributed by atoms with Gasteiger partial charge in [0.05, 0.1) is 19.9 Å². The third-order valence-corrected chi connectivity index (χ3v) is 6.16. The molecule has 0 bridgehead atoms. The number of amides is 1. The van der Waals surface area contributed by atoms with E-state index >= 15 is 0 Å². The van der Waals surface area contributed by atoms with Crippen LogP contribution in [0, 0.1) is 5.82 Å². The van der Waals surface area contributed by atoms with Crippen LogP contribution in [0.15, 0.2) is 72.4 Å². The van der Waals surface area contributed by atoms with Crippen molar-refractivity contribution in [3.8, 4) is 11.5 Å². The lowest BCUT2D eigenvalue weighted by atomic mass is 10.1. The van der Waals surface area contributed by atoms with E-state index < -0.39 is 11.9 Å². The summed E-state index contributed by atoms with van der Waals surface area (Å²) in [6.07, 6.45) is 1.60. The number of hydrogen-bond donors (Lipinski definition) is 0. The van der Waals surface area contributed by atoms with Crippen LogP contribution >= 0.6 is 23.8 Å². The molecule has 0 radical (unpaired) electrons. The highest BCUT2D eigenvalue weighted by Crippen LogP contribution is 2.33. The lowest BCUT2D eigenvalue weighted by Crippen LogP contribution is -2.35. The van der Waals surface area contributed by atoms with Crippen LogP contribution in [-0.4, -0.2) is 42.7 Å². The molecule has 3 aromatic rings. The maximum Gasteiger partial charge on any atom is 0.325 e. The van der Waals surface area contributed by atoms with E-state index in [0.717, 1.165) is 0 Å². The van der Waals surface area contributed by atoms with Gasteiger partial charge in [-0.25, -0.2) is 4.39 Å². The molecular weight excluding hydrogens is 519 g/mol. The molecule has 0 aromatic heterocycles. The van der Waals surface area contributed by atoms with Crippen molar-refractivity contribution in [1.82, 2.24) is 4.90 Å². The average molecular weight is 541 g/mol. The summed E-state index contributed by atoms with van der Waals surface area (Å²) in [5.41, 5.74) is 1.96.